The predicted octanol–water partition coefficient (Wildman–Crippen LogP) is 0.0687. The molecule has 0 radical (unpaired) electrons. The molecule has 0 aliphatic rings. The van der Waals surface area contributed by atoms with E-state index in [4.69, 9.17) is 14.6 Å². The first kappa shape index (κ1) is 12.7. The van der Waals surface area contributed by atoms with Crippen molar-refractivity contribution in [3.63, 3.8) is 0 Å². The second-order valence-corrected chi connectivity index (χ2v) is 3.05. The van der Waals surface area contributed by atoms with E-state index in [1.54, 1.807) is 17.8 Å². The lowest BCUT2D eigenvalue weighted by Crippen LogP contribution is -2.09. The third kappa shape index (κ3) is 4.00. The maximum Gasteiger partial charge on any atom is 0.341 e. The van der Waals surface area contributed by atoms with Gasteiger partial charge in [-0.05, 0) is 6.92 Å². The third-order valence-electron chi connectivity index (χ3n) is 1.84. The Morgan fingerprint density at radius 1 is 1.56 bits per heavy atom. The lowest BCUT2D eigenvalue weighted by molar-refractivity contribution is 0.0526. The van der Waals surface area contributed by atoms with E-state index in [9.17, 15) is 4.79 Å². The summed E-state index contributed by atoms with van der Waals surface area (Å²) in [5.41, 5.74) is 0.434. The average molecular weight is 228 g/mol. The Hall–Kier alpha value is -1.40. The Balaban J connectivity index is 2.36. The predicted molar refractivity (Wildman–Crippen MR) is 56.1 cm³/mol. The van der Waals surface area contributed by atoms with Crippen LogP contribution in [0.25, 0.3) is 0 Å². The molecule has 0 unspecified atom stereocenters. The molecule has 0 aliphatic carbocycles. The Labute approximate surface area is 93.8 Å². The summed E-state index contributed by atoms with van der Waals surface area (Å²) in [4.78, 5) is 11.3. The molecule has 1 heterocycles. The number of aromatic nitrogens is 2. The Kier molecular flexibility index (Phi) is 5.52. The van der Waals surface area contributed by atoms with Gasteiger partial charge in [0, 0.05) is 6.20 Å². The van der Waals surface area contributed by atoms with Gasteiger partial charge in [-0.1, -0.05) is 0 Å². The van der Waals surface area contributed by atoms with E-state index < -0.39 is 0 Å². The number of hydrogen-bond acceptors (Lipinski definition) is 5. The molecule has 0 fully saturated rings. The molecule has 0 saturated carbocycles. The van der Waals surface area contributed by atoms with Gasteiger partial charge < -0.3 is 14.6 Å². The van der Waals surface area contributed by atoms with Crippen LogP contribution in [0.15, 0.2) is 12.4 Å². The molecule has 1 rings (SSSR count). The van der Waals surface area contributed by atoms with Crippen molar-refractivity contribution in [3.8, 4) is 0 Å². The number of esters is 1. The van der Waals surface area contributed by atoms with Crippen molar-refractivity contribution in [2.24, 2.45) is 0 Å². The summed E-state index contributed by atoms with van der Waals surface area (Å²) in [6.07, 6.45) is 3.07. The van der Waals surface area contributed by atoms with Gasteiger partial charge in [-0.15, -0.1) is 0 Å². The van der Waals surface area contributed by atoms with Crippen LogP contribution in [-0.2, 0) is 16.0 Å². The smallest absolute Gasteiger partial charge is 0.341 e. The van der Waals surface area contributed by atoms with Gasteiger partial charge in [-0.3, -0.25) is 4.68 Å². The van der Waals surface area contributed by atoms with Crippen LogP contribution in [0.1, 0.15) is 17.3 Å². The van der Waals surface area contributed by atoms with Crippen molar-refractivity contribution in [3.05, 3.63) is 18.0 Å². The Bertz CT molecular complexity index is 324. The standard InChI is InChI=1S/C10H16N2O4/c1-2-16-10(14)9-7-11-12(8-9)3-5-15-6-4-13/h7-8,13H,2-6H2,1H3. The lowest BCUT2D eigenvalue weighted by atomic mass is 10.4. The van der Waals surface area contributed by atoms with Gasteiger partial charge in [0.15, 0.2) is 0 Å². The van der Waals surface area contributed by atoms with E-state index in [1.807, 2.05) is 0 Å². The lowest BCUT2D eigenvalue weighted by Gasteiger charge is -2.01. The normalized spacial score (nSPS) is 10.4. The minimum absolute atomic E-state index is 0.00713. The van der Waals surface area contributed by atoms with Crippen molar-refractivity contribution in [1.82, 2.24) is 9.78 Å². The van der Waals surface area contributed by atoms with Gasteiger partial charge in [0.25, 0.3) is 0 Å². The summed E-state index contributed by atoms with van der Waals surface area (Å²) >= 11 is 0. The van der Waals surface area contributed by atoms with E-state index in [0.29, 0.717) is 31.9 Å². The first-order valence-corrected chi connectivity index (χ1v) is 5.16. The van der Waals surface area contributed by atoms with Gasteiger partial charge in [-0.25, -0.2) is 4.79 Å². The number of rotatable bonds is 7. The van der Waals surface area contributed by atoms with Crippen LogP contribution in [0.5, 0.6) is 0 Å². The van der Waals surface area contributed by atoms with Gasteiger partial charge in [0.05, 0.1) is 44.7 Å². The molecular weight excluding hydrogens is 212 g/mol. The second-order valence-electron chi connectivity index (χ2n) is 3.05. The van der Waals surface area contributed by atoms with Gasteiger partial charge in [0.1, 0.15) is 0 Å². The maximum absolute atomic E-state index is 11.3. The van der Waals surface area contributed by atoms with Gasteiger partial charge in [0.2, 0.25) is 0 Å². The van der Waals surface area contributed by atoms with E-state index in [1.165, 1.54) is 6.20 Å². The first-order valence-electron chi connectivity index (χ1n) is 5.16. The Morgan fingerprint density at radius 3 is 3.06 bits per heavy atom. The molecule has 1 N–H and O–H groups in total. The first-order chi connectivity index (χ1) is 7.77. The zero-order valence-electron chi connectivity index (χ0n) is 9.26. The molecule has 0 amide bonds. The Morgan fingerprint density at radius 2 is 2.38 bits per heavy atom. The fourth-order valence-electron chi connectivity index (χ4n) is 1.13. The van der Waals surface area contributed by atoms with Crippen LogP contribution in [0.4, 0.5) is 0 Å². The van der Waals surface area contributed by atoms with Crippen molar-refractivity contribution in [1.29, 1.82) is 0 Å². The van der Waals surface area contributed by atoms with Crippen molar-refractivity contribution < 1.29 is 19.4 Å². The van der Waals surface area contributed by atoms with Crippen LogP contribution in [0.2, 0.25) is 0 Å². The number of aliphatic hydroxyl groups is 1. The van der Waals surface area contributed by atoms with Crippen molar-refractivity contribution >= 4 is 5.97 Å². The SMILES string of the molecule is CCOC(=O)c1cnn(CCOCCO)c1. The number of carbonyl (C=O) groups is 1. The van der Waals surface area contributed by atoms with Gasteiger partial charge in [-0.2, -0.15) is 5.10 Å². The van der Waals surface area contributed by atoms with Crippen LogP contribution in [-0.4, -0.2) is 47.3 Å². The number of ether oxygens (including phenoxy) is 2. The zero-order chi connectivity index (χ0) is 11.8. The molecule has 6 nitrogen and oxygen atoms in total. The van der Waals surface area contributed by atoms with Crippen LogP contribution in [0, 0.1) is 0 Å². The zero-order valence-corrected chi connectivity index (χ0v) is 9.26. The molecule has 6 heteroatoms. The minimum atomic E-state index is -0.370. The topological polar surface area (TPSA) is 73.6 Å². The quantitative estimate of drug-likeness (QED) is 0.528. The maximum atomic E-state index is 11.3. The molecular formula is C10H16N2O4. The molecule has 90 valence electrons. The van der Waals surface area contributed by atoms with Crippen LogP contribution < -0.4 is 0 Å². The summed E-state index contributed by atoms with van der Waals surface area (Å²) in [5, 5.41) is 12.5. The fourth-order valence-corrected chi connectivity index (χ4v) is 1.13. The van der Waals surface area contributed by atoms with Crippen molar-refractivity contribution in [2.75, 3.05) is 26.4 Å². The summed E-state index contributed by atoms with van der Waals surface area (Å²) in [6.45, 7) is 3.41. The molecule has 1 aromatic rings. The largest absolute Gasteiger partial charge is 0.462 e. The number of hydrogen-bond donors (Lipinski definition) is 1. The molecule has 0 saturated heterocycles. The van der Waals surface area contributed by atoms with Crippen LogP contribution in [0.3, 0.4) is 0 Å². The minimum Gasteiger partial charge on any atom is -0.462 e. The summed E-state index contributed by atoms with van der Waals surface area (Å²) in [7, 11) is 0. The summed E-state index contributed by atoms with van der Waals surface area (Å²) in [6, 6.07) is 0. The average Bonchev–Trinajstić information content (AvgIpc) is 2.73. The fraction of sp³-hybridized carbons (Fsp3) is 0.600. The van der Waals surface area contributed by atoms with E-state index in [2.05, 4.69) is 5.10 Å². The number of carbonyl (C=O) groups excluding carboxylic acids is 1. The molecule has 0 aromatic carbocycles. The van der Waals surface area contributed by atoms with Gasteiger partial charge >= 0.3 is 5.97 Å². The molecule has 1 aromatic heterocycles. The highest BCUT2D eigenvalue weighted by Crippen LogP contribution is 2.00. The van der Waals surface area contributed by atoms with E-state index in [-0.39, 0.29) is 12.6 Å². The van der Waals surface area contributed by atoms with Crippen LogP contribution >= 0.6 is 0 Å². The molecule has 16 heavy (non-hydrogen) atoms. The molecule has 0 bridgehead atoms. The summed E-state index contributed by atoms with van der Waals surface area (Å²) < 4.78 is 11.5. The summed E-state index contributed by atoms with van der Waals surface area (Å²) in [5.74, 6) is -0.370. The number of nitrogens with zero attached hydrogens (tertiary/aromatic N) is 2. The van der Waals surface area contributed by atoms with E-state index >= 15 is 0 Å². The highest BCUT2D eigenvalue weighted by molar-refractivity contribution is 5.88. The third-order valence-corrected chi connectivity index (χ3v) is 1.84. The molecule has 0 spiro atoms. The highest BCUT2D eigenvalue weighted by Gasteiger charge is 2.08. The van der Waals surface area contributed by atoms with Crippen molar-refractivity contribution in [2.45, 2.75) is 13.5 Å². The molecule has 0 atom stereocenters. The highest BCUT2D eigenvalue weighted by atomic mass is 16.5. The molecule has 0 aliphatic heterocycles. The second kappa shape index (κ2) is 6.97. The monoisotopic (exact) mass is 228 g/mol. The van der Waals surface area contributed by atoms with E-state index in [0.717, 1.165) is 0 Å². The number of aliphatic hydroxyl groups excluding tert-OH is 1.